The number of hydrogen-bond donors (Lipinski definition) is 2. The number of fused-ring (bicyclic) bond motifs is 2. The molecule has 0 spiro atoms. The molecule has 634 valence electrons. The number of rotatable bonds is 15. The van der Waals surface area contributed by atoms with Crippen molar-refractivity contribution in [3.63, 3.8) is 0 Å². The number of carbonyl (C=O) groups is 2. The van der Waals surface area contributed by atoms with Crippen LogP contribution in [0.1, 0.15) is 59.9 Å². The molecule has 2 N–H and O–H groups in total. The van der Waals surface area contributed by atoms with Crippen molar-refractivity contribution in [2.45, 2.75) is 52.3 Å². The lowest BCUT2D eigenvalue weighted by molar-refractivity contribution is -0.139. The standard InChI is InChI=1S/C24H25F3N2O3.C23H25IN2O3.C10H15BIN3O.C10H12F3N3.C7H7F3N2O2.C6H7IN2O2/c1-16-22(23(30)17-3-6-19(31-2)7-4-17)20-8-5-18(24(25,26)27)15-21(20)29(16)10-9-28-11-13-32-14-12-28;1-16-22(23(27)17-3-6-19(28-2)7-4-17)20-8-5-18(24)15-21(20)26(16)10-9-25-11-13-29-14-12-25;1-11(16)15-6-4-14(5-7-15)10-3-2-9(12)8-13-10;11-10(12,13)8-1-2-9(15-7-8)16-5-3-14-4-6-16;1-11-3-4(7(8,9)10)5(13)12(2)6(11)14;1-8-3-4(7)5(10)9(2)6(8)11/h3-8,15H,9-14H2,1-2H3;3-8,15H,9-14H2,1-2H3;2-3,8,16H,4-7H2,1H3;1-2,7,14H,3-6H2;3H,1-2H3;3H,1-2H3/i25-1;;;11-1;8-1;. The summed E-state index contributed by atoms with van der Waals surface area (Å²) in [6.07, 6.45) is -8.72. The fraction of sp³-hybridized carbons (Fsp3) is 0.400. The van der Waals surface area contributed by atoms with Crippen LogP contribution in [0.2, 0.25) is 6.82 Å². The van der Waals surface area contributed by atoms with E-state index in [0.717, 1.165) is 185 Å². The number of aryl methyl sites for hydroxylation is 2. The van der Waals surface area contributed by atoms with Gasteiger partial charge in [0.2, 0.25) is 0 Å². The first-order valence-electron chi connectivity index (χ1n) is 37.4. The lowest BCUT2D eigenvalue weighted by Gasteiger charge is -2.35. The van der Waals surface area contributed by atoms with E-state index in [1.165, 1.54) is 33.5 Å². The molecule has 25 nitrogen and oxygen atoms in total. The normalized spacial score (nSPS) is 14.9. The van der Waals surface area contributed by atoms with Gasteiger partial charge in [-0.3, -0.25) is 38.1 Å². The number of nitrogens with one attached hydrogen (secondary N) is 1. The van der Waals surface area contributed by atoms with Gasteiger partial charge in [0.1, 0.15) is 28.7 Å². The molecule has 0 unspecified atom stereocenters. The number of methoxy groups -OCH3 is 2. The number of piperazine rings is 2. The van der Waals surface area contributed by atoms with Crippen LogP contribution in [0.3, 0.4) is 0 Å². The Morgan fingerprint density at radius 3 is 1.36 bits per heavy atom. The van der Waals surface area contributed by atoms with Crippen molar-refractivity contribution in [2.75, 3.05) is 142 Å². The molecule has 10 heterocycles. The molecule has 4 aliphatic heterocycles. The van der Waals surface area contributed by atoms with Crippen molar-refractivity contribution in [1.82, 2.24) is 57.3 Å². The molecule has 38 heteroatoms. The Balaban J connectivity index is 0.000000168. The molecule has 0 aliphatic carbocycles. The van der Waals surface area contributed by atoms with Gasteiger partial charge >= 0.3 is 37.0 Å². The summed E-state index contributed by atoms with van der Waals surface area (Å²) in [5, 5.41) is 14.2. The van der Waals surface area contributed by atoms with Gasteiger partial charge in [0.25, 0.3) is 11.1 Å². The molecule has 4 saturated heterocycles. The SMILES string of the molecule is CB(O)N1CCN(c2ccc(I)cn2)CC1.COc1ccc(C(=O)c2c(C)n(CCN3CCOCC3)c3cc(C(F)(F)[18F])ccc23)cc1.COc1ccc(C(=O)c2c(C)n(CCN3CCOCC3)c3cc(I)ccc23)cc1.Cn1cc(C(F)(F)[18F])c(=O)n(C)c1=O.Cn1cc(I)c(=O)n(C)c1=O.FC(F)([18F])c1ccc(N2CCNCC2)nc1. The first kappa shape index (κ1) is 93.4. The zero-order valence-corrected chi connectivity index (χ0v) is 72.8. The van der Waals surface area contributed by atoms with E-state index in [9.17, 15) is 73.3 Å². The fourth-order valence-corrected chi connectivity index (χ4v) is 15.0. The predicted octanol–water partition coefficient (Wildman–Crippen LogP) is 10.9. The highest BCUT2D eigenvalue weighted by Gasteiger charge is 2.37. The molecule has 118 heavy (non-hydrogen) atoms. The molecule has 0 atom stereocenters. The largest absolute Gasteiger partial charge is 0.497 e. The maximum absolute atomic E-state index is 13.4. The van der Waals surface area contributed by atoms with Crippen LogP contribution in [0.5, 0.6) is 11.5 Å². The van der Waals surface area contributed by atoms with Crippen LogP contribution in [-0.4, -0.2) is 208 Å². The minimum atomic E-state index is -4.74. The summed E-state index contributed by atoms with van der Waals surface area (Å²) in [5.74, 6) is 2.85. The number of benzene rings is 4. The van der Waals surface area contributed by atoms with E-state index >= 15 is 0 Å². The Bertz CT molecular complexity index is 5280. The first-order chi connectivity index (χ1) is 55.9. The summed E-state index contributed by atoms with van der Waals surface area (Å²) >= 11 is 6.49. The summed E-state index contributed by atoms with van der Waals surface area (Å²) in [7, 11) is 8.06. The monoisotopic (exact) mass is 1980 g/mol. The van der Waals surface area contributed by atoms with Crippen LogP contribution in [0.15, 0.2) is 153 Å². The van der Waals surface area contributed by atoms with Gasteiger partial charge in [-0.15, -0.1) is 0 Å². The number of aromatic nitrogens is 8. The highest BCUT2D eigenvalue weighted by atomic mass is 127. The van der Waals surface area contributed by atoms with E-state index in [2.05, 4.69) is 122 Å². The minimum Gasteiger partial charge on any atom is -0.497 e. The molecule has 0 bridgehead atoms. The van der Waals surface area contributed by atoms with Crippen LogP contribution >= 0.6 is 67.8 Å². The Hall–Kier alpha value is -8.50. The molecular weight excluding hydrogens is 1890 g/mol. The molecule has 0 amide bonds. The van der Waals surface area contributed by atoms with Crippen LogP contribution < -0.4 is 47.1 Å². The maximum atomic E-state index is 13.4. The van der Waals surface area contributed by atoms with Crippen molar-refractivity contribution in [1.29, 1.82) is 0 Å². The fourth-order valence-electron chi connectivity index (χ4n) is 13.4. The van der Waals surface area contributed by atoms with E-state index < -0.39 is 46.5 Å². The number of anilines is 2. The van der Waals surface area contributed by atoms with E-state index in [1.54, 1.807) is 52.5 Å². The van der Waals surface area contributed by atoms with Crippen molar-refractivity contribution >= 4 is 120 Å². The van der Waals surface area contributed by atoms with E-state index in [0.29, 0.717) is 90.1 Å². The van der Waals surface area contributed by atoms with E-state index in [4.69, 9.17) is 18.9 Å². The van der Waals surface area contributed by atoms with Crippen LogP contribution in [0.25, 0.3) is 21.8 Å². The van der Waals surface area contributed by atoms with Gasteiger partial charge in [-0.05, 0) is 186 Å². The number of carbonyl (C=O) groups excluding carboxylic acids is 2. The number of ketones is 2. The predicted molar refractivity (Wildman–Crippen MR) is 459 cm³/mol. The van der Waals surface area contributed by atoms with Gasteiger partial charge in [0.05, 0.1) is 72.0 Å². The Kier molecular flexibility index (Phi) is 33.3. The zero-order chi connectivity index (χ0) is 86.1. The Labute approximate surface area is 715 Å². The van der Waals surface area contributed by atoms with Gasteiger partial charge in [0, 0.05) is 204 Å². The number of alkyl halides is 9. The van der Waals surface area contributed by atoms with Gasteiger partial charge in [-0.2, -0.15) is 39.5 Å². The topological polar surface area (TPSA) is 243 Å². The number of morpholine rings is 2. The van der Waals surface area contributed by atoms with Gasteiger partial charge in [0.15, 0.2) is 11.6 Å². The average molecular weight is 1980 g/mol. The molecule has 4 fully saturated rings. The first-order valence-corrected chi connectivity index (χ1v) is 40.6. The summed E-state index contributed by atoms with van der Waals surface area (Å²) in [6.45, 7) is 21.9. The summed E-state index contributed by atoms with van der Waals surface area (Å²) in [5.41, 5.74) is 0.163. The molecular formula is C80H91BF9I3N14O11. The van der Waals surface area contributed by atoms with Gasteiger partial charge in [-0.25, -0.2) is 19.6 Å². The third-order valence-electron chi connectivity index (χ3n) is 20.1. The van der Waals surface area contributed by atoms with Crippen molar-refractivity contribution < 1.29 is 73.1 Å². The lowest BCUT2D eigenvalue weighted by atomic mass is 9.84. The second-order valence-electron chi connectivity index (χ2n) is 27.8. The van der Waals surface area contributed by atoms with Gasteiger partial charge in [-0.1, -0.05) is 12.1 Å². The lowest BCUT2D eigenvalue weighted by Crippen LogP contribution is -2.51. The third-order valence-corrected chi connectivity index (χ3v) is 22.2. The summed E-state index contributed by atoms with van der Waals surface area (Å²) in [6, 6.07) is 30.6. The number of pyridine rings is 2. The minimum absolute atomic E-state index is 0.0569. The summed E-state index contributed by atoms with van der Waals surface area (Å²) in [4.78, 5) is 90.2. The van der Waals surface area contributed by atoms with Crippen LogP contribution in [-0.2, 0) is 69.3 Å². The number of ether oxygens (including phenoxy) is 4. The highest BCUT2D eigenvalue weighted by molar-refractivity contribution is 14.1. The molecule has 0 saturated carbocycles. The maximum Gasteiger partial charge on any atom is 0.423 e. The highest BCUT2D eigenvalue weighted by Crippen LogP contribution is 2.37. The zero-order valence-electron chi connectivity index (χ0n) is 66.3. The van der Waals surface area contributed by atoms with E-state index in [1.807, 2.05) is 69.3 Å². The quantitative estimate of drug-likeness (QED) is 0.0419. The molecule has 6 aromatic heterocycles. The Morgan fingerprint density at radius 1 is 0.508 bits per heavy atom. The second kappa shape index (κ2) is 42.1. The van der Waals surface area contributed by atoms with Crippen molar-refractivity contribution in [3.8, 4) is 11.5 Å². The van der Waals surface area contributed by atoms with E-state index in [-0.39, 0.29) is 29.9 Å². The molecule has 10 aromatic rings. The average Bonchev–Trinajstić information content (AvgIpc) is 1.59. The second-order valence-corrected chi connectivity index (χ2v) is 31.5. The van der Waals surface area contributed by atoms with Crippen LogP contribution in [0, 0.1) is 24.6 Å². The van der Waals surface area contributed by atoms with Crippen molar-refractivity contribution in [2.24, 2.45) is 28.2 Å². The van der Waals surface area contributed by atoms with Gasteiger partial charge < -0.3 is 62.2 Å². The molecule has 4 aromatic carbocycles. The number of nitrogens with zero attached hydrogens (tertiary/aromatic N) is 13. The number of hydrogen-bond acceptors (Lipinski definition) is 19. The molecule has 0 radical (unpaired) electrons. The summed E-state index contributed by atoms with van der Waals surface area (Å²) < 4.78 is 146. The van der Waals surface area contributed by atoms with Crippen molar-refractivity contribution in [3.05, 3.63) is 237 Å². The third kappa shape index (κ3) is 24.4. The smallest absolute Gasteiger partial charge is 0.423 e. The van der Waals surface area contributed by atoms with Crippen LogP contribution in [0.4, 0.5) is 51.1 Å². The molecule has 4 aliphatic rings. The Morgan fingerprint density at radius 2 is 0.932 bits per heavy atom. The number of halogens is 12. The molecule has 14 rings (SSSR count).